The number of rotatable bonds is 6. The maximum Gasteiger partial charge on any atom is 0.230 e. The van der Waals surface area contributed by atoms with Crippen LogP contribution in [0, 0.1) is 0 Å². The lowest BCUT2D eigenvalue weighted by Crippen LogP contribution is -2.49. The van der Waals surface area contributed by atoms with Crippen molar-refractivity contribution in [1.29, 1.82) is 0 Å². The van der Waals surface area contributed by atoms with Crippen molar-refractivity contribution in [1.82, 2.24) is 29.8 Å². The molecule has 0 saturated carbocycles. The molecule has 148 valence electrons. The van der Waals surface area contributed by atoms with Crippen LogP contribution >= 0.6 is 15.9 Å². The van der Waals surface area contributed by atoms with Gasteiger partial charge in [-0.3, -0.25) is 9.55 Å². The molecule has 1 saturated heterocycles. The van der Waals surface area contributed by atoms with Gasteiger partial charge in [-0.15, -0.1) is 0 Å². The van der Waals surface area contributed by atoms with Gasteiger partial charge < -0.3 is 20.1 Å². The third kappa shape index (κ3) is 3.67. The third-order valence-electron chi connectivity index (χ3n) is 4.71. The first-order valence-corrected chi connectivity index (χ1v) is 9.97. The predicted octanol–water partition coefficient (Wildman–Crippen LogP) is 2.16. The summed E-state index contributed by atoms with van der Waals surface area (Å²) in [5.74, 6) is 1.87. The second kappa shape index (κ2) is 8.38. The fourth-order valence-corrected chi connectivity index (χ4v) is 3.86. The number of piperidine rings is 1. The van der Waals surface area contributed by atoms with Crippen LogP contribution in [0.15, 0.2) is 29.4 Å². The van der Waals surface area contributed by atoms with Crippen molar-refractivity contribution >= 4 is 32.8 Å². The Labute approximate surface area is 171 Å². The molecule has 0 spiro atoms. The van der Waals surface area contributed by atoms with Gasteiger partial charge in [-0.25, -0.2) is 15.0 Å². The van der Waals surface area contributed by atoms with Crippen LogP contribution in [-0.2, 0) is 4.74 Å². The lowest BCUT2D eigenvalue weighted by atomic mass is 10.0. The minimum atomic E-state index is 0.132. The Kier molecular flexibility index (Phi) is 5.69. The zero-order chi connectivity index (χ0) is 19.5. The average molecular weight is 448 g/mol. The van der Waals surface area contributed by atoms with Gasteiger partial charge in [0.25, 0.3) is 0 Å². The van der Waals surface area contributed by atoms with E-state index < -0.39 is 0 Å². The van der Waals surface area contributed by atoms with E-state index in [1.165, 1.54) is 0 Å². The second-order valence-electron chi connectivity index (χ2n) is 6.44. The smallest absolute Gasteiger partial charge is 0.230 e. The summed E-state index contributed by atoms with van der Waals surface area (Å²) in [7, 11) is 1.74. The van der Waals surface area contributed by atoms with Crippen LogP contribution in [0.3, 0.4) is 0 Å². The first kappa shape index (κ1) is 19.0. The number of fused-ring (bicyclic) bond motifs is 1. The van der Waals surface area contributed by atoms with Crippen LogP contribution in [0.5, 0.6) is 5.88 Å². The number of pyridine rings is 1. The van der Waals surface area contributed by atoms with Gasteiger partial charge in [-0.1, -0.05) is 0 Å². The van der Waals surface area contributed by atoms with Gasteiger partial charge in [0.15, 0.2) is 5.82 Å². The Hall–Kier alpha value is -2.30. The summed E-state index contributed by atoms with van der Waals surface area (Å²) < 4.78 is 13.7. The molecule has 0 aromatic carbocycles. The average Bonchev–Trinajstić information content (AvgIpc) is 3.16. The zero-order valence-electron chi connectivity index (χ0n) is 15.7. The van der Waals surface area contributed by atoms with Gasteiger partial charge >= 0.3 is 0 Å². The standard InChI is InChI=1S/C18H22BrN7O2/c1-3-28-18-16(19)17-12(7-22-18)26(10-23-17)15-9-21-8-14(25-15)24-11-6-20-5-4-13(11)27-2/h7-11,13,20H,3-6H2,1-2H3,(H,24,25)/t11-,13-/m0/s1. The number of aromatic nitrogens is 5. The number of hydrogen-bond acceptors (Lipinski definition) is 8. The van der Waals surface area contributed by atoms with E-state index in [9.17, 15) is 0 Å². The molecule has 1 aliphatic heterocycles. The highest BCUT2D eigenvalue weighted by Gasteiger charge is 2.25. The molecule has 1 fully saturated rings. The molecule has 1 aliphatic rings. The quantitative estimate of drug-likeness (QED) is 0.592. The molecule has 0 aliphatic carbocycles. The van der Waals surface area contributed by atoms with Crippen molar-refractivity contribution in [3.05, 3.63) is 29.4 Å². The van der Waals surface area contributed by atoms with Crippen molar-refractivity contribution in [2.75, 3.05) is 32.1 Å². The maximum atomic E-state index is 5.59. The molecule has 0 unspecified atom stereocenters. The molecule has 2 atom stereocenters. The van der Waals surface area contributed by atoms with Crippen LogP contribution < -0.4 is 15.4 Å². The Bertz CT molecular complexity index is 964. The van der Waals surface area contributed by atoms with E-state index in [1.807, 2.05) is 11.5 Å². The molecule has 3 aromatic heterocycles. The van der Waals surface area contributed by atoms with E-state index in [0.717, 1.165) is 35.0 Å². The monoisotopic (exact) mass is 447 g/mol. The first-order chi connectivity index (χ1) is 13.7. The molecule has 3 aromatic rings. The van der Waals surface area contributed by atoms with Crippen LogP contribution in [0.2, 0.25) is 0 Å². The molecule has 4 rings (SSSR count). The molecule has 0 radical (unpaired) electrons. The van der Waals surface area contributed by atoms with Crippen molar-refractivity contribution < 1.29 is 9.47 Å². The number of imidazole rings is 1. The second-order valence-corrected chi connectivity index (χ2v) is 7.23. The SMILES string of the molecule is CCOc1ncc2c(ncn2-c2cncc(N[C@H]3CNCC[C@@H]3OC)n2)c1Br. The number of ether oxygens (including phenoxy) is 2. The van der Waals surface area contributed by atoms with Gasteiger partial charge in [-0.2, -0.15) is 0 Å². The van der Waals surface area contributed by atoms with Crippen LogP contribution in [-0.4, -0.2) is 63.5 Å². The van der Waals surface area contributed by atoms with E-state index in [0.29, 0.717) is 24.1 Å². The van der Waals surface area contributed by atoms with Gasteiger partial charge in [0.1, 0.15) is 22.1 Å². The molecule has 28 heavy (non-hydrogen) atoms. The summed E-state index contributed by atoms with van der Waals surface area (Å²) >= 11 is 3.53. The molecule has 10 heteroatoms. The van der Waals surface area contributed by atoms with Gasteiger partial charge in [0.05, 0.1) is 42.9 Å². The minimum absolute atomic E-state index is 0.132. The van der Waals surface area contributed by atoms with E-state index in [-0.39, 0.29) is 12.1 Å². The first-order valence-electron chi connectivity index (χ1n) is 9.18. The Morgan fingerprint density at radius 1 is 1.32 bits per heavy atom. The number of nitrogens with one attached hydrogen (secondary N) is 2. The normalized spacial score (nSPS) is 19.7. The number of halogens is 1. The maximum absolute atomic E-state index is 5.59. The summed E-state index contributed by atoms with van der Waals surface area (Å²) in [5.41, 5.74) is 1.57. The summed E-state index contributed by atoms with van der Waals surface area (Å²) in [6.45, 7) is 4.22. The number of anilines is 1. The largest absolute Gasteiger partial charge is 0.477 e. The highest BCUT2D eigenvalue weighted by Crippen LogP contribution is 2.31. The van der Waals surface area contributed by atoms with E-state index in [2.05, 4.69) is 41.5 Å². The van der Waals surface area contributed by atoms with Gasteiger partial charge in [0.2, 0.25) is 5.88 Å². The lowest BCUT2D eigenvalue weighted by molar-refractivity contribution is 0.0664. The fourth-order valence-electron chi connectivity index (χ4n) is 3.34. The number of hydrogen-bond donors (Lipinski definition) is 2. The summed E-state index contributed by atoms with van der Waals surface area (Å²) in [6, 6.07) is 0.132. The van der Waals surface area contributed by atoms with Crippen LogP contribution in [0.4, 0.5) is 5.82 Å². The van der Waals surface area contributed by atoms with Gasteiger partial charge in [-0.05, 0) is 35.8 Å². The predicted molar refractivity (Wildman–Crippen MR) is 109 cm³/mol. The summed E-state index contributed by atoms with van der Waals surface area (Å²) in [6.07, 6.45) is 7.94. The molecule has 0 amide bonds. The Balaban J connectivity index is 1.63. The molecular weight excluding hydrogens is 426 g/mol. The van der Waals surface area contributed by atoms with E-state index in [1.54, 1.807) is 32.0 Å². The summed E-state index contributed by atoms with van der Waals surface area (Å²) in [4.78, 5) is 17.9. The van der Waals surface area contributed by atoms with Crippen molar-refractivity contribution in [2.24, 2.45) is 0 Å². The van der Waals surface area contributed by atoms with Crippen molar-refractivity contribution in [2.45, 2.75) is 25.5 Å². The molecule has 2 N–H and O–H groups in total. The van der Waals surface area contributed by atoms with Crippen molar-refractivity contribution in [3.63, 3.8) is 0 Å². The topological polar surface area (TPSA) is 99.0 Å². The highest BCUT2D eigenvalue weighted by molar-refractivity contribution is 9.10. The third-order valence-corrected chi connectivity index (χ3v) is 5.42. The van der Waals surface area contributed by atoms with E-state index in [4.69, 9.17) is 14.5 Å². The van der Waals surface area contributed by atoms with Crippen molar-refractivity contribution in [3.8, 4) is 11.7 Å². The Morgan fingerprint density at radius 3 is 3.04 bits per heavy atom. The number of nitrogens with zero attached hydrogens (tertiary/aromatic N) is 5. The highest BCUT2D eigenvalue weighted by atomic mass is 79.9. The van der Waals surface area contributed by atoms with Gasteiger partial charge in [0, 0.05) is 13.7 Å². The van der Waals surface area contributed by atoms with Crippen LogP contribution in [0.25, 0.3) is 16.9 Å². The fraction of sp³-hybridized carbons (Fsp3) is 0.444. The molecule has 9 nitrogen and oxygen atoms in total. The number of methoxy groups -OCH3 is 1. The zero-order valence-corrected chi connectivity index (χ0v) is 17.3. The Morgan fingerprint density at radius 2 is 2.21 bits per heavy atom. The molecule has 0 bridgehead atoms. The molecule has 4 heterocycles. The van der Waals surface area contributed by atoms with E-state index >= 15 is 0 Å². The summed E-state index contributed by atoms with van der Waals surface area (Å²) in [5, 5.41) is 6.81. The lowest BCUT2D eigenvalue weighted by Gasteiger charge is -2.31. The van der Waals surface area contributed by atoms with Crippen LogP contribution in [0.1, 0.15) is 13.3 Å². The minimum Gasteiger partial charge on any atom is -0.477 e. The molecular formula is C18H22BrN7O2.